The van der Waals surface area contributed by atoms with Gasteiger partial charge in [0.2, 0.25) is 0 Å². The summed E-state index contributed by atoms with van der Waals surface area (Å²) in [5.74, 6) is 0. The van der Waals surface area contributed by atoms with Gasteiger partial charge in [0.25, 0.3) is 0 Å². The van der Waals surface area contributed by atoms with Gasteiger partial charge >= 0.3 is 0 Å². The van der Waals surface area contributed by atoms with Crippen LogP contribution in [-0.2, 0) is 0 Å². The molecule has 2 heteroatoms. The molecule has 0 fully saturated rings. The van der Waals surface area contributed by atoms with E-state index in [4.69, 9.17) is 14.0 Å². The van der Waals surface area contributed by atoms with Crippen molar-refractivity contribution in [1.82, 2.24) is 0 Å². The van der Waals surface area contributed by atoms with E-state index in [2.05, 4.69) is 6.07 Å². The Morgan fingerprint density at radius 2 is 1.20 bits per heavy atom. The van der Waals surface area contributed by atoms with E-state index in [9.17, 15) is 5.48 Å². The Labute approximate surface area is 305 Å². The van der Waals surface area contributed by atoms with Gasteiger partial charge in [-0.15, -0.1) is 0 Å². The highest BCUT2D eigenvalue weighted by Crippen LogP contribution is 2.45. The Kier molecular flexibility index (Phi) is 4.46. The molecule has 0 radical (unpaired) electrons. The Morgan fingerprint density at radius 1 is 0.440 bits per heavy atom. The van der Waals surface area contributed by atoms with Crippen LogP contribution in [0.1, 0.15) is 15.1 Å². The summed E-state index contributed by atoms with van der Waals surface area (Å²) in [6.45, 7) is 0. The zero-order chi connectivity index (χ0) is 42.6. The monoisotopic (exact) mass is 648 g/mol. The van der Waals surface area contributed by atoms with Gasteiger partial charge in [-0.3, -0.25) is 0 Å². The molecule has 9 aromatic carbocycles. The second kappa shape index (κ2) is 11.5. The van der Waals surface area contributed by atoms with Crippen molar-refractivity contribution in [3.05, 3.63) is 188 Å². The smallest absolute Gasteiger partial charge is 0.143 e. The predicted octanol–water partition coefficient (Wildman–Crippen LogP) is 13.8. The van der Waals surface area contributed by atoms with Crippen molar-refractivity contribution in [2.45, 2.75) is 0 Å². The minimum atomic E-state index is -0.674. The second-order valence-corrected chi connectivity index (χ2v) is 12.1. The quantitative estimate of drug-likeness (QED) is 0.185. The Balaban J connectivity index is 1.29. The average Bonchev–Trinajstić information content (AvgIpc) is 3.68. The molecule has 10 aromatic rings. The summed E-state index contributed by atoms with van der Waals surface area (Å²) in [6.07, 6.45) is 0. The fourth-order valence-corrected chi connectivity index (χ4v) is 6.85. The zero-order valence-corrected chi connectivity index (χ0v) is 26.4. The summed E-state index contributed by atoms with van der Waals surface area (Å²) >= 11 is 0. The van der Waals surface area contributed by atoms with Crippen molar-refractivity contribution in [3.8, 4) is 22.3 Å². The molecule has 1 heterocycles. The van der Waals surface area contributed by atoms with Gasteiger partial charge in [-0.25, -0.2) is 0 Å². The van der Waals surface area contributed by atoms with Crippen LogP contribution in [0.4, 0.5) is 17.1 Å². The number of furan rings is 1. The lowest BCUT2D eigenvalue weighted by Gasteiger charge is -2.27. The molecule has 2 nitrogen and oxygen atoms in total. The van der Waals surface area contributed by atoms with Gasteiger partial charge in [-0.05, 0) is 97.7 Å². The van der Waals surface area contributed by atoms with Crippen LogP contribution in [0.15, 0.2) is 192 Å². The number of hydrogen-bond donors (Lipinski definition) is 0. The first kappa shape index (κ1) is 19.4. The van der Waals surface area contributed by atoms with Crippen LogP contribution in [0.3, 0.4) is 0 Å². The minimum Gasteiger partial charge on any atom is -0.455 e. The normalized spacial score (nSPS) is 14.7. The van der Waals surface area contributed by atoms with Gasteiger partial charge in [0.1, 0.15) is 11.2 Å². The van der Waals surface area contributed by atoms with Crippen LogP contribution >= 0.6 is 0 Å². The molecule has 10 rings (SSSR count). The van der Waals surface area contributed by atoms with Gasteiger partial charge < -0.3 is 9.32 Å². The Hall–Kier alpha value is -6.64. The molecule has 0 aliphatic heterocycles. The van der Waals surface area contributed by atoms with Gasteiger partial charge in [-0.2, -0.15) is 0 Å². The number of nitrogens with zero attached hydrogens (tertiary/aromatic N) is 1. The molecule has 0 N–H and O–H groups in total. The van der Waals surface area contributed by atoms with Gasteiger partial charge in [-0.1, -0.05) is 139 Å². The first-order valence-corrected chi connectivity index (χ1v) is 16.2. The number of anilines is 3. The summed E-state index contributed by atoms with van der Waals surface area (Å²) < 4.78 is 105. The molecule has 0 aliphatic carbocycles. The molecule has 0 saturated heterocycles. The van der Waals surface area contributed by atoms with Crippen LogP contribution in [0.25, 0.3) is 76.5 Å². The minimum absolute atomic E-state index is 0.127. The molecule has 0 bridgehead atoms. The van der Waals surface area contributed by atoms with E-state index in [-0.39, 0.29) is 22.0 Å². The molecule has 0 atom stereocenters. The van der Waals surface area contributed by atoms with Crippen molar-refractivity contribution < 1.29 is 19.5 Å². The fourth-order valence-electron chi connectivity index (χ4n) is 6.85. The molecular weight excluding hydrogens is 607 g/mol. The topological polar surface area (TPSA) is 16.4 Å². The summed E-state index contributed by atoms with van der Waals surface area (Å²) in [4.78, 5) is 1.68. The SMILES string of the molecule is [2H]c1c([2H])c(N(c2cccc(-c3ccc4ccccc4c3)c2)c2cccc3oc4c5ccccc5ccc4c23)c([2H])c([2H])c1-c1c([2H])c([2H])c([2H])c2c([2H])c([2H])c([2H])c([2H])c12. The standard InChI is InChI=1S/C48H31NO/c1-2-13-36-30-38(23-22-32(36)10-1)37-15-7-16-40(31-37)49(39-27-24-35(25-28-39)42-19-8-14-33-11-3-5-17-41(33)42)45-20-9-21-46-47(45)44-29-26-34-12-4-6-18-43(34)48(44)50-46/h1-31H/i3D,5D,8D,11D,14D,17D,19D,24D,25D,27D,28D. The molecule has 0 spiro atoms. The van der Waals surface area contributed by atoms with E-state index in [1.807, 2.05) is 109 Å². The second-order valence-electron chi connectivity index (χ2n) is 12.1. The molecule has 234 valence electrons. The van der Waals surface area contributed by atoms with Crippen molar-refractivity contribution >= 4 is 71.3 Å². The molecule has 0 aliphatic rings. The number of rotatable bonds is 5. The molecule has 0 amide bonds. The van der Waals surface area contributed by atoms with E-state index >= 15 is 0 Å². The highest BCUT2D eigenvalue weighted by molar-refractivity contribution is 6.19. The first-order valence-electron chi connectivity index (χ1n) is 21.7. The third-order valence-corrected chi connectivity index (χ3v) is 9.19. The summed E-state index contributed by atoms with van der Waals surface area (Å²) in [6, 6.07) is 32.4. The maximum atomic E-state index is 9.70. The fraction of sp³-hybridized carbons (Fsp3) is 0. The number of benzene rings is 9. The lowest BCUT2D eigenvalue weighted by molar-refractivity contribution is 0.672. The highest BCUT2D eigenvalue weighted by Gasteiger charge is 2.21. The largest absolute Gasteiger partial charge is 0.455 e. The molecule has 0 unspecified atom stereocenters. The van der Waals surface area contributed by atoms with Gasteiger partial charge in [0.05, 0.1) is 26.2 Å². The van der Waals surface area contributed by atoms with E-state index in [1.54, 1.807) is 11.0 Å². The third kappa shape index (κ3) is 4.65. The van der Waals surface area contributed by atoms with E-state index < -0.39 is 72.0 Å². The third-order valence-electron chi connectivity index (χ3n) is 9.19. The summed E-state index contributed by atoms with van der Waals surface area (Å²) in [7, 11) is 0. The lowest BCUT2D eigenvalue weighted by atomic mass is 9.97. The number of hydrogen-bond acceptors (Lipinski definition) is 2. The number of fused-ring (bicyclic) bond motifs is 7. The maximum Gasteiger partial charge on any atom is 0.143 e. The summed E-state index contributed by atoms with van der Waals surface area (Å²) in [5.41, 5.74) is 3.00. The van der Waals surface area contributed by atoms with Crippen molar-refractivity contribution in [1.29, 1.82) is 0 Å². The van der Waals surface area contributed by atoms with Gasteiger partial charge in [0.15, 0.2) is 0 Å². The van der Waals surface area contributed by atoms with Crippen molar-refractivity contribution in [2.75, 3.05) is 4.90 Å². The molecular formula is C48H31NO. The van der Waals surface area contributed by atoms with E-state index in [1.165, 1.54) is 0 Å². The van der Waals surface area contributed by atoms with Gasteiger partial charge in [0, 0.05) is 22.1 Å². The van der Waals surface area contributed by atoms with Crippen LogP contribution in [-0.4, -0.2) is 0 Å². The molecule has 50 heavy (non-hydrogen) atoms. The predicted molar refractivity (Wildman–Crippen MR) is 212 cm³/mol. The van der Waals surface area contributed by atoms with E-state index in [0.717, 1.165) is 38.1 Å². The van der Waals surface area contributed by atoms with Crippen molar-refractivity contribution in [3.63, 3.8) is 0 Å². The highest BCUT2D eigenvalue weighted by atomic mass is 16.3. The van der Waals surface area contributed by atoms with Crippen LogP contribution in [0.2, 0.25) is 0 Å². The lowest BCUT2D eigenvalue weighted by Crippen LogP contribution is -2.10. The molecule has 0 saturated carbocycles. The van der Waals surface area contributed by atoms with E-state index in [0.29, 0.717) is 27.9 Å². The average molecular weight is 649 g/mol. The Bertz CT molecular complexity index is 3490. The van der Waals surface area contributed by atoms with Crippen LogP contribution < -0.4 is 4.90 Å². The first-order chi connectivity index (χ1) is 29.4. The summed E-state index contributed by atoms with van der Waals surface area (Å²) in [5, 5.41) is 4.75. The maximum absolute atomic E-state index is 9.70. The zero-order valence-electron chi connectivity index (χ0n) is 37.4. The van der Waals surface area contributed by atoms with Crippen LogP contribution in [0.5, 0.6) is 0 Å². The van der Waals surface area contributed by atoms with Crippen molar-refractivity contribution in [2.24, 2.45) is 0 Å². The Morgan fingerprint density at radius 3 is 2.12 bits per heavy atom. The molecule has 1 aromatic heterocycles. The van der Waals surface area contributed by atoms with Crippen LogP contribution in [0, 0.1) is 0 Å².